The van der Waals surface area contributed by atoms with Gasteiger partial charge in [-0.2, -0.15) is 4.31 Å². The zero-order valence-electron chi connectivity index (χ0n) is 12.7. The van der Waals surface area contributed by atoms with Gasteiger partial charge in [-0.15, -0.1) is 0 Å². The third-order valence-corrected chi connectivity index (χ3v) is 5.07. The van der Waals surface area contributed by atoms with Gasteiger partial charge in [0, 0.05) is 12.6 Å². The van der Waals surface area contributed by atoms with Gasteiger partial charge < -0.3 is 9.84 Å². The minimum absolute atomic E-state index is 0.0390. The van der Waals surface area contributed by atoms with Gasteiger partial charge >= 0.3 is 5.97 Å². The smallest absolute Gasteiger partial charge is 0.341 e. The van der Waals surface area contributed by atoms with Crippen LogP contribution in [0.1, 0.15) is 37.6 Å². The summed E-state index contributed by atoms with van der Waals surface area (Å²) in [6, 6.07) is 3.40. The number of sulfonamides is 1. The Morgan fingerprint density at radius 2 is 2.00 bits per heavy atom. The number of aromatic hydroxyl groups is 1. The van der Waals surface area contributed by atoms with Crippen molar-refractivity contribution in [3.63, 3.8) is 0 Å². The maximum atomic E-state index is 12.6. The number of ether oxygens (including phenoxy) is 1. The van der Waals surface area contributed by atoms with Crippen LogP contribution in [0.25, 0.3) is 0 Å². The number of nitrogens with zero attached hydrogens (tertiary/aromatic N) is 1. The van der Waals surface area contributed by atoms with Gasteiger partial charge in [-0.3, -0.25) is 0 Å². The Morgan fingerprint density at radius 1 is 1.38 bits per heavy atom. The highest BCUT2D eigenvalue weighted by molar-refractivity contribution is 7.89. The highest BCUT2D eigenvalue weighted by Gasteiger charge is 2.27. The maximum Gasteiger partial charge on any atom is 0.341 e. The molecular weight excluding hydrogens is 294 g/mol. The van der Waals surface area contributed by atoms with Crippen molar-refractivity contribution in [2.45, 2.75) is 38.1 Å². The van der Waals surface area contributed by atoms with E-state index in [1.165, 1.54) is 23.5 Å². The molecule has 0 atom stereocenters. The van der Waals surface area contributed by atoms with Crippen molar-refractivity contribution in [3.05, 3.63) is 23.8 Å². The number of carbonyl (C=O) groups is 1. The molecule has 0 aliphatic rings. The number of phenolic OH excluding ortho intramolecular Hbond substituents is 1. The second-order valence-corrected chi connectivity index (χ2v) is 6.77. The predicted molar refractivity (Wildman–Crippen MR) is 78.8 cm³/mol. The van der Waals surface area contributed by atoms with E-state index in [2.05, 4.69) is 4.74 Å². The monoisotopic (exact) mass is 315 g/mol. The van der Waals surface area contributed by atoms with Crippen molar-refractivity contribution in [1.82, 2.24) is 4.31 Å². The zero-order valence-corrected chi connectivity index (χ0v) is 13.5. The fourth-order valence-corrected chi connectivity index (χ4v) is 3.72. The molecule has 0 amide bonds. The van der Waals surface area contributed by atoms with E-state index in [1.807, 2.05) is 6.92 Å². The summed E-state index contributed by atoms with van der Waals surface area (Å²) in [5.74, 6) is -1.09. The second kappa shape index (κ2) is 6.91. The molecule has 0 aliphatic heterocycles. The van der Waals surface area contributed by atoms with Crippen LogP contribution in [0, 0.1) is 0 Å². The maximum absolute atomic E-state index is 12.6. The van der Waals surface area contributed by atoms with Gasteiger partial charge in [-0.25, -0.2) is 13.2 Å². The van der Waals surface area contributed by atoms with Crippen LogP contribution in [-0.4, -0.2) is 43.5 Å². The van der Waals surface area contributed by atoms with E-state index in [-0.39, 0.29) is 22.3 Å². The average molecular weight is 315 g/mol. The lowest BCUT2D eigenvalue weighted by Gasteiger charge is -2.25. The normalized spacial score (nSPS) is 11.9. The van der Waals surface area contributed by atoms with Gasteiger partial charge in [-0.05, 0) is 38.5 Å². The summed E-state index contributed by atoms with van der Waals surface area (Å²) in [5, 5.41) is 9.64. The van der Waals surface area contributed by atoms with Crippen LogP contribution >= 0.6 is 0 Å². The summed E-state index contributed by atoms with van der Waals surface area (Å²) >= 11 is 0. The topological polar surface area (TPSA) is 83.9 Å². The van der Waals surface area contributed by atoms with E-state index in [0.717, 1.165) is 6.07 Å². The lowest BCUT2D eigenvalue weighted by atomic mass is 10.2. The molecule has 0 aromatic heterocycles. The second-order valence-electron chi connectivity index (χ2n) is 4.88. The molecule has 0 saturated carbocycles. The van der Waals surface area contributed by atoms with Gasteiger partial charge in [0.25, 0.3) is 0 Å². The minimum atomic E-state index is -3.73. The highest BCUT2D eigenvalue weighted by Crippen LogP contribution is 2.25. The number of phenols is 1. The average Bonchev–Trinajstić information content (AvgIpc) is 2.43. The zero-order chi connectivity index (χ0) is 16.2. The lowest BCUT2D eigenvalue weighted by molar-refractivity contribution is 0.0597. The molecule has 1 aromatic carbocycles. The van der Waals surface area contributed by atoms with Crippen LogP contribution < -0.4 is 0 Å². The number of hydrogen-bond acceptors (Lipinski definition) is 5. The summed E-state index contributed by atoms with van der Waals surface area (Å²) in [6.07, 6.45) is 0.680. The van der Waals surface area contributed by atoms with E-state index in [4.69, 9.17) is 0 Å². The van der Waals surface area contributed by atoms with Crippen molar-refractivity contribution in [3.8, 4) is 5.75 Å². The molecule has 0 heterocycles. The fourth-order valence-electron chi connectivity index (χ4n) is 1.96. The summed E-state index contributed by atoms with van der Waals surface area (Å²) in [5.41, 5.74) is -0.168. The van der Waals surface area contributed by atoms with Crippen LogP contribution in [0.3, 0.4) is 0 Å². The Morgan fingerprint density at radius 3 is 2.48 bits per heavy atom. The molecular formula is C14H21NO5S. The quantitative estimate of drug-likeness (QED) is 0.812. The largest absolute Gasteiger partial charge is 0.507 e. The standard InChI is InChI=1S/C14H21NO5S/c1-5-8-15(10(2)3)21(18,19)11-6-7-13(16)12(9-11)14(17)20-4/h6-7,9-10,16H,5,8H2,1-4H3. The van der Waals surface area contributed by atoms with Gasteiger partial charge in [0.1, 0.15) is 11.3 Å². The molecule has 0 spiro atoms. The Hall–Kier alpha value is -1.60. The Labute approximate surface area is 125 Å². The Kier molecular flexibility index (Phi) is 5.74. The van der Waals surface area contributed by atoms with E-state index in [9.17, 15) is 18.3 Å². The number of methoxy groups -OCH3 is 1. The summed E-state index contributed by atoms with van der Waals surface area (Å²) in [7, 11) is -2.56. The van der Waals surface area contributed by atoms with Crippen LogP contribution in [0.2, 0.25) is 0 Å². The molecule has 0 bridgehead atoms. The third kappa shape index (κ3) is 3.74. The summed E-state index contributed by atoms with van der Waals surface area (Å²) in [4.78, 5) is 11.5. The van der Waals surface area contributed by atoms with E-state index >= 15 is 0 Å². The van der Waals surface area contributed by atoms with E-state index < -0.39 is 16.0 Å². The van der Waals surface area contributed by atoms with Crippen LogP contribution in [0.5, 0.6) is 5.75 Å². The molecule has 21 heavy (non-hydrogen) atoms. The first kappa shape index (κ1) is 17.5. The Bertz CT molecular complexity index is 610. The van der Waals surface area contributed by atoms with Crippen molar-refractivity contribution < 1.29 is 23.1 Å². The first-order chi connectivity index (χ1) is 9.75. The lowest BCUT2D eigenvalue weighted by Crippen LogP contribution is -2.37. The van der Waals surface area contributed by atoms with E-state index in [0.29, 0.717) is 13.0 Å². The number of rotatable bonds is 6. The molecule has 0 aliphatic carbocycles. The summed E-state index contributed by atoms with van der Waals surface area (Å²) < 4.78 is 31.2. The SMILES string of the molecule is CCCN(C(C)C)S(=O)(=O)c1ccc(O)c(C(=O)OC)c1. The van der Waals surface area contributed by atoms with Crippen LogP contribution in [0.4, 0.5) is 0 Å². The van der Waals surface area contributed by atoms with Crippen LogP contribution in [0.15, 0.2) is 23.1 Å². The molecule has 1 rings (SSSR count). The van der Waals surface area contributed by atoms with Crippen molar-refractivity contribution in [2.24, 2.45) is 0 Å². The predicted octanol–water partition coefficient (Wildman–Crippen LogP) is 1.99. The van der Waals surface area contributed by atoms with Gasteiger partial charge in [0.2, 0.25) is 10.0 Å². The molecule has 1 aromatic rings. The first-order valence-electron chi connectivity index (χ1n) is 6.68. The van der Waals surface area contributed by atoms with E-state index in [1.54, 1.807) is 13.8 Å². The highest BCUT2D eigenvalue weighted by atomic mass is 32.2. The molecule has 1 N–H and O–H groups in total. The molecule has 7 heteroatoms. The first-order valence-corrected chi connectivity index (χ1v) is 8.12. The number of benzene rings is 1. The third-order valence-electron chi connectivity index (χ3n) is 3.00. The minimum Gasteiger partial charge on any atom is -0.507 e. The molecule has 0 fully saturated rings. The number of carbonyl (C=O) groups excluding carboxylic acids is 1. The molecule has 0 unspecified atom stereocenters. The molecule has 6 nitrogen and oxygen atoms in total. The van der Waals surface area contributed by atoms with Crippen molar-refractivity contribution in [1.29, 1.82) is 0 Å². The fraction of sp³-hybridized carbons (Fsp3) is 0.500. The van der Waals surface area contributed by atoms with Gasteiger partial charge in [0.15, 0.2) is 0 Å². The number of esters is 1. The van der Waals surface area contributed by atoms with Gasteiger partial charge in [-0.1, -0.05) is 6.92 Å². The van der Waals surface area contributed by atoms with Crippen molar-refractivity contribution in [2.75, 3.05) is 13.7 Å². The molecule has 0 saturated heterocycles. The number of hydrogen-bond donors (Lipinski definition) is 1. The summed E-state index contributed by atoms with van der Waals surface area (Å²) in [6.45, 7) is 5.85. The molecule has 0 radical (unpaired) electrons. The van der Waals surface area contributed by atoms with Gasteiger partial charge in [0.05, 0.1) is 12.0 Å². The Balaban J connectivity index is 3.34. The van der Waals surface area contributed by atoms with Crippen molar-refractivity contribution >= 4 is 16.0 Å². The van der Waals surface area contributed by atoms with Crippen LogP contribution in [-0.2, 0) is 14.8 Å². The molecule has 118 valence electrons.